The number of halogens is 3. The Morgan fingerprint density at radius 3 is 2.35 bits per heavy atom. The van der Waals surface area contributed by atoms with Crippen molar-refractivity contribution >= 4 is 29.4 Å². The van der Waals surface area contributed by atoms with Gasteiger partial charge in [0.25, 0.3) is 0 Å². The lowest BCUT2D eigenvalue weighted by Gasteiger charge is -2.34. The first kappa shape index (κ1) is 39.3. The van der Waals surface area contributed by atoms with Gasteiger partial charge < -0.3 is 30.0 Å². The molecule has 2 atom stereocenters. The van der Waals surface area contributed by atoms with E-state index >= 15 is 0 Å². The lowest BCUT2D eigenvalue weighted by Crippen LogP contribution is -2.44. The molecular formula is C36H50F3N8O4+. The Balaban J connectivity index is 1.30. The van der Waals surface area contributed by atoms with Gasteiger partial charge in [0.1, 0.15) is 23.7 Å². The summed E-state index contributed by atoms with van der Waals surface area (Å²) in [6, 6.07) is 9.09. The summed E-state index contributed by atoms with van der Waals surface area (Å²) in [5.41, 5.74) is 1.50. The highest BCUT2D eigenvalue weighted by Crippen LogP contribution is 2.34. The molecule has 2 aliphatic rings. The summed E-state index contributed by atoms with van der Waals surface area (Å²) in [5, 5.41) is 24.1. The van der Waals surface area contributed by atoms with Crippen molar-refractivity contribution < 1.29 is 37.1 Å². The number of anilines is 2. The van der Waals surface area contributed by atoms with E-state index in [2.05, 4.69) is 26.7 Å². The number of hydrogen-bond donors (Lipinski definition) is 3. The zero-order valence-electron chi connectivity index (χ0n) is 29.7. The van der Waals surface area contributed by atoms with Crippen LogP contribution in [0.25, 0.3) is 0 Å². The molecule has 15 heteroatoms. The fraction of sp³-hybridized carbons (Fsp3) is 0.611. The van der Waals surface area contributed by atoms with Crippen LogP contribution in [0.4, 0.5) is 24.8 Å². The Morgan fingerprint density at radius 2 is 1.73 bits per heavy atom. The van der Waals surface area contributed by atoms with Crippen LogP contribution in [0, 0.1) is 17.2 Å². The first-order valence-electron chi connectivity index (χ1n) is 17.7. The molecule has 2 aromatic rings. The number of carboxylic acids is 1. The van der Waals surface area contributed by atoms with Gasteiger partial charge >= 0.3 is 12.1 Å². The summed E-state index contributed by atoms with van der Waals surface area (Å²) in [7, 11) is 6.08. The largest absolute Gasteiger partial charge is 0.480 e. The molecule has 0 saturated carbocycles. The van der Waals surface area contributed by atoms with Crippen molar-refractivity contribution in [2.75, 3.05) is 63.7 Å². The lowest BCUT2D eigenvalue weighted by molar-refractivity contribution is -0.870. The number of hydrogen-bond acceptors (Lipinski definition) is 8. The molecule has 0 radical (unpaired) electrons. The number of piperidine rings is 1. The molecule has 0 bridgehead atoms. The molecule has 278 valence electrons. The molecule has 0 aliphatic carbocycles. The second-order valence-corrected chi connectivity index (χ2v) is 14.5. The molecule has 2 fully saturated rings. The van der Waals surface area contributed by atoms with Crippen LogP contribution in [-0.2, 0) is 27.0 Å². The van der Waals surface area contributed by atoms with Gasteiger partial charge in [0, 0.05) is 38.7 Å². The van der Waals surface area contributed by atoms with Gasteiger partial charge in [-0.25, -0.2) is 14.8 Å². The van der Waals surface area contributed by atoms with Crippen molar-refractivity contribution in [2.24, 2.45) is 5.92 Å². The number of aliphatic carboxylic acids is 1. The zero-order valence-corrected chi connectivity index (χ0v) is 29.7. The van der Waals surface area contributed by atoms with Crippen molar-refractivity contribution in [3.63, 3.8) is 0 Å². The van der Waals surface area contributed by atoms with Gasteiger partial charge in [-0.05, 0) is 81.4 Å². The van der Waals surface area contributed by atoms with Gasteiger partial charge in [-0.2, -0.15) is 18.4 Å². The molecule has 2 saturated heterocycles. The van der Waals surface area contributed by atoms with E-state index in [0.717, 1.165) is 18.5 Å². The molecule has 2 unspecified atom stereocenters. The predicted octanol–water partition coefficient (Wildman–Crippen LogP) is 4.14. The molecule has 3 heterocycles. The van der Waals surface area contributed by atoms with E-state index in [1.165, 1.54) is 0 Å². The molecule has 2 aliphatic heterocycles. The summed E-state index contributed by atoms with van der Waals surface area (Å²) in [5.74, 6) is -2.34. The molecule has 4 rings (SSSR count). The second kappa shape index (κ2) is 17.7. The average Bonchev–Trinajstić information content (AvgIpc) is 3.58. The number of quaternary nitrogens is 1. The van der Waals surface area contributed by atoms with Gasteiger partial charge in [-0.3, -0.25) is 9.59 Å². The summed E-state index contributed by atoms with van der Waals surface area (Å²) in [6.45, 7) is 2.50. The average molecular weight is 716 g/mol. The highest BCUT2D eigenvalue weighted by Gasteiger charge is 2.39. The molecule has 0 spiro atoms. The fourth-order valence-corrected chi connectivity index (χ4v) is 6.66. The maximum atomic E-state index is 14.0. The summed E-state index contributed by atoms with van der Waals surface area (Å²) in [6.07, 6.45) is 0.894. The highest BCUT2D eigenvalue weighted by molar-refractivity contribution is 5.85. The van der Waals surface area contributed by atoms with Crippen LogP contribution in [0.2, 0.25) is 0 Å². The number of carboxylic acid groups (broad SMARTS) is 1. The number of nitrogens with one attached hydrogen (secondary N) is 2. The number of amides is 2. The first-order valence-corrected chi connectivity index (χ1v) is 17.7. The van der Waals surface area contributed by atoms with Crippen molar-refractivity contribution in [3.8, 4) is 6.07 Å². The Morgan fingerprint density at radius 1 is 1.04 bits per heavy atom. The van der Waals surface area contributed by atoms with Crippen LogP contribution in [0.1, 0.15) is 74.7 Å². The van der Waals surface area contributed by atoms with Crippen LogP contribution in [0.3, 0.4) is 0 Å². The van der Waals surface area contributed by atoms with Gasteiger partial charge in [-0.1, -0.05) is 12.1 Å². The lowest BCUT2D eigenvalue weighted by atomic mass is 9.91. The normalized spacial score (nSPS) is 17.5. The van der Waals surface area contributed by atoms with E-state index in [-0.39, 0.29) is 35.8 Å². The third-order valence-electron chi connectivity index (χ3n) is 9.51. The van der Waals surface area contributed by atoms with Crippen molar-refractivity contribution in [2.45, 2.75) is 82.5 Å². The van der Waals surface area contributed by atoms with Crippen LogP contribution in [0.15, 0.2) is 30.3 Å². The van der Waals surface area contributed by atoms with E-state index in [4.69, 9.17) is 5.26 Å². The first-order chi connectivity index (χ1) is 24.1. The minimum atomic E-state index is -4.77. The monoisotopic (exact) mass is 715 g/mol. The van der Waals surface area contributed by atoms with E-state index in [0.29, 0.717) is 87.6 Å². The molecule has 1 aromatic carbocycles. The summed E-state index contributed by atoms with van der Waals surface area (Å²) < 4.78 is 42.7. The Labute approximate surface area is 297 Å². The Hall–Kier alpha value is -4.45. The van der Waals surface area contributed by atoms with E-state index in [1.54, 1.807) is 23.1 Å². The maximum absolute atomic E-state index is 14.0. The summed E-state index contributed by atoms with van der Waals surface area (Å²) >= 11 is 0. The number of nitriles is 1. The van der Waals surface area contributed by atoms with Gasteiger partial charge in [-0.15, -0.1) is 0 Å². The predicted molar refractivity (Wildman–Crippen MR) is 186 cm³/mol. The standard InChI is InChI=1S/C36H49F3N8O4/c1-47(2,3)22-6-8-28(34(50)51)42-32(48)10-4-7-25-16-20-45(21-17-25)30-23-31(44-35(43-30)36(37,38)39)46-19-5-9-29(46)33(49)41-18-15-26-11-13-27(24-40)14-12-26/h11-14,23,25,28-29H,4-10,15-22H2,1-3H3,(H2-,41,42,48,49,50,51)/p+1. The van der Waals surface area contributed by atoms with Crippen molar-refractivity contribution in [3.05, 3.63) is 47.3 Å². The van der Waals surface area contributed by atoms with Crippen molar-refractivity contribution in [1.82, 2.24) is 20.6 Å². The number of alkyl halides is 3. The quantitative estimate of drug-likeness (QED) is 0.218. The Bertz CT molecular complexity index is 1530. The van der Waals surface area contributed by atoms with Crippen molar-refractivity contribution in [1.29, 1.82) is 5.26 Å². The number of nitrogens with zero attached hydrogens (tertiary/aromatic N) is 6. The van der Waals surface area contributed by atoms with Crippen LogP contribution in [-0.4, -0.2) is 103 Å². The molecular weight excluding hydrogens is 665 g/mol. The minimum Gasteiger partial charge on any atom is -0.480 e. The third kappa shape index (κ3) is 12.1. The maximum Gasteiger partial charge on any atom is 0.451 e. The van der Waals surface area contributed by atoms with Gasteiger partial charge in [0.15, 0.2) is 0 Å². The number of aromatic nitrogens is 2. The van der Waals surface area contributed by atoms with Crippen LogP contribution >= 0.6 is 0 Å². The van der Waals surface area contributed by atoms with E-state index in [1.807, 2.05) is 38.2 Å². The molecule has 1 aromatic heterocycles. The zero-order chi connectivity index (χ0) is 37.2. The van der Waals surface area contributed by atoms with Crippen LogP contribution < -0.4 is 20.4 Å². The second-order valence-electron chi connectivity index (χ2n) is 14.5. The summed E-state index contributed by atoms with van der Waals surface area (Å²) in [4.78, 5) is 48.6. The van der Waals surface area contributed by atoms with E-state index < -0.39 is 30.1 Å². The minimum absolute atomic E-state index is 0.0716. The number of carbonyl (C=O) groups is 3. The van der Waals surface area contributed by atoms with Gasteiger partial charge in [0.05, 0.1) is 39.3 Å². The molecule has 51 heavy (non-hydrogen) atoms. The molecule has 12 nitrogen and oxygen atoms in total. The van der Waals surface area contributed by atoms with Gasteiger partial charge in [0.2, 0.25) is 17.6 Å². The van der Waals surface area contributed by atoms with E-state index in [9.17, 15) is 32.7 Å². The highest BCUT2D eigenvalue weighted by atomic mass is 19.4. The number of carbonyl (C=O) groups excluding carboxylic acids is 2. The number of rotatable bonds is 16. The number of benzene rings is 1. The molecule has 3 N–H and O–H groups in total. The Kier molecular flexibility index (Phi) is 13.6. The SMILES string of the molecule is C[N+](C)(C)CCCC(NC(=O)CCCC1CCN(c2cc(N3CCCC3C(=O)NCCc3ccc(C#N)cc3)nc(C(F)(F)F)n2)CC1)C(=O)O. The fourth-order valence-electron chi connectivity index (χ4n) is 6.66. The third-order valence-corrected chi connectivity index (χ3v) is 9.51. The molecule has 2 amide bonds. The smallest absolute Gasteiger partial charge is 0.451 e. The van der Waals surface area contributed by atoms with Crippen LogP contribution in [0.5, 0.6) is 0 Å². The topological polar surface area (TPSA) is 152 Å².